The Kier molecular flexibility index (Phi) is 7.59. The zero-order valence-corrected chi connectivity index (χ0v) is 24.3. The molecule has 4 aliphatic carbocycles. The normalized spacial score (nSPS) is 52.4. The fraction of sp³-hybridized carbons (Fsp3) is 0.906. The Bertz CT molecular complexity index is 982. The second-order valence-corrected chi connectivity index (χ2v) is 14.5. The van der Waals surface area contributed by atoms with Crippen LogP contribution in [0.15, 0.2) is 16.6 Å². The second-order valence-electron chi connectivity index (χ2n) is 14.5. The van der Waals surface area contributed by atoms with E-state index in [0.717, 1.165) is 43.4 Å². The first-order valence-electron chi connectivity index (χ1n) is 15.8. The van der Waals surface area contributed by atoms with Crippen LogP contribution >= 0.6 is 0 Å². The van der Waals surface area contributed by atoms with Gasteiger partial charge in [0.15, 0.2) is 6.29 Å². The lowest BCUT2D eigenvalue weighted by atomic mass is 9.47. The number of ether oxygens (including phenoxy) is 2. The Morgan fingerprint density at radius 1 is 1.03 bits per heavy atom. The SMILES string of the molecule is CC1=NC(C(C)C2CCC3C4CC=C5CC(OC6OC(CO)C(O)C(O)C6O)CCC5(C)C4CCC23C)CC1. The largest absolute Gasteiger partial charge is 0.394 e. The van der Waals surface area contributed by atoms with Gasteiger partial charge in [-0.1, -0.05) is 32.4 Å². The molecule has 7 heteroatoms. The van der Waals surface area contributed by atoms with Crippen molar-refractivity contribution >= 4 is 5.71 Å². The van der Waals surface area contributed by atoms with Crippen molar-refractivity contribution in [3.8, 4) is 0 Å². The first-order valence-corrected chi connectivity index (χ1v) is 15.8. The number of hydrogen-bond acceptors (Lipinski definition) is 7. The highest BCUT2D eigenvalue weighted by Crippen LogP contribution is 2.67. The van der Waals surface area contributed by atoms with Gasteiger partial charge in [-0.3, -0.25) is 4.99 Å². The van der Waals surface area contributed by atoms with Gasteiger partial charge in [-0.2, -0.15) is 0 Å². The minimum atomic E-state index is -1.40. The molecule has 0 aromatic rings. The van der Waals surface area contributed by atoms with E-state index in [9.17, 15) is 20.4 Å². The maximum absolute atomic E-state index is 10.5. The number of fused-ring (bicyclic) bond motifs is 5. The van der Waals surface area contributed by atoms with E-state index in [1.54, 1.807) is 0 Å². The molecular formula is C32H51NO6. The standard InChI is InChI=1S/C32H51NO6/c1-17-5-10-25(33-17)18(2)22-8-9-23-21-7-6-19-15-20(11-13-31(19,3)24(21)12-14-32(22,23)4)38-30-29(37)28(36)27(35)26(16-34)39-30/h6,18,20-30,34-37H,5,7-16H2,1-4H3. The van der Waals surface area contributed by atoms with E-state index in [1.165, 1.54) is 49.8 Å². The maximum Gasteiger partial charge on any atom is 0.186 e. The number of nitrogens with zero attached hydrogens (tertiary/aromatic N) is 1. The molecule has 2 heterocycles. The number of aliphatic hydroxyl groups excluding tert-OH is 4. The van der Waals surface area contributed by atoms with Crippen molar-refractivity contribution in [2.45, 2.75) is 135 Å². The number of aliphatic imine (C=N–C) groups is 1. The summed E-state index contributed by atoms with van der Waals surface area (Å²) in [4.78, 5) is 5.05. The van der Waals surface area contributed by atoms with Gasteiger partial charge < -0.3 is 29.9 Å². The van der Waals surface area contributed by atoms with E-state index < -0.39 is 37.3 Å². The van der Waals surface area contributed by atoms with Crippen LogP contribution in [-0.2, 0) is 9.47 Å². The van der Waals surface area contributed by atoms with Crippen LogP contribution < -0.4 is 0 Å². The summed E-state index contributed by atoms with van der Waals surface area (Å²) < 4.78 is 11.9. The van der Waals surface area contributed by atoms with Crippen LogP contribution in [0.5, 0.6) is 0 Å². The molecular weight excluding hydrogens is 494 g/mol. The van der Waals surface area contributed by atoms with E-state index in [2.05, 4.69) is 33.8 Å². The lowest BCUT2D eigenvalue weighted by Crippen LogP contribution is -2.60. The summed E-state index contributed by atoms with van der Waals surface area (Å²) in [7, 11) is 0. The van der Waals surface area contributed by atoms with Crippen LogP contribution in [0.1, 0.15) is 91.9 Å². The first-order chi connectivity index (χ1) is 18.6. The number of rotatable bonds is 5. The van der Waals surface area contributed by atoms with Crippen molar-refractivity contribution < 1.29 is 29.9 Å². The minimum absolute atomic E-state index is 0.108. The van der Waals surface area contributed by atoms with Gasteiger partial charge in [0, 0.05) is 5.71 Å². The molecule has 1 saturated heterocycles. The predicted molar refractivity (Wildman–Crippen MR) is 149 cm³/mol. The summed E-state index contributed by atoms with van der Waals surface area (Å²) >= 11 is 0. The molecule has 39 heavy (non-hydrogen) atoms. The third kappa shape index (κ3) is 4.58. The Morgan fingerprint density at radius 3 is 2.54 bits per heavy atom. The van der Waals surface area contributed by atoms with Crippen molar-refractivity contribution in [2.75, 3.05) is 6.61 Å². The lowest BCUT2D eigenvalue weighted by molar-refractivity contribution is -0.313. The molecule has 4 N–H and O–H groups in total. The first kappa shape index (κ1) is 28.3. The molecule has 0 amide bonds. The van der Waals surface area contributed by atoms with Crippen LogP contribution in [-0.4, -0.2) is 75.6 Å². The quantitative estimate of drug-likeness (QED) is 0.389. The predicted octanol–water partition coefficient (Wildman–Crippen LogP) is 4.01. The molecule has 6 aliphatic rings. The molecule has 2 aliphatic heterocycles. The molecule has 220 valence electrons. The third-order valence-corrected chi connectivity index (χ3v) is 12.7. The van der Waals surface area contributed by atoms with Crippen LogP contribution in [0.25, 0.3) is 0 Å². The summed E-state index contributed by atoms with van der Waals surface area (Å²) in [6.07, 6.45) is 8.03. The van der Waals surface area contributed by atoms with Crippen molar-refractivity contribution in [1.29, 1.82) is 0 Å². The average molecular weight is 546 g/mol. The van der Waals surface area contributed by atoms with Crippen LogP contribution in [0, 0.1) is 40.4 Å². The van der Waals surface area contributed by atoms with Gasteiger partial charge in [-0.15, -0.1) is 0 Å². The molecule has 3 saturated carbocycles. The Labute approximate surface area is 234 Å². The molecule has 14 atom stereocenters. The van der Waals surface area contributed by atoms with Crippen LogP contribution in [0.4, 0.5) is 0 Å². The van der Waals surface area contributed by atoms with Crippen molar-refractivity contribution in [3.63, 3.8) is 0 Å². The number of hydrogen-bond donors (Lipinski definition) is 4. The number of allylic oxidation sites excluding steroid dienone is 1. The molecule has 4 fully saturated rings. The Balaban J connectivity index is 1.14. The van der Waals surface area contributed by atoms with Gasteiger partial charge >= 0.3 is 0 Å². The van der Waals surface area contributed by atoms with E-state index in [0.29, 0.717) is 23.3 Å². The van der Waals surface area contributed by atoms with Crippen molar-refractivity contribution in [1.82, 2.24) is 0 Å². The molecule has 0 spiro atoms. The molecule has 0 bridgehead atoms. The second kappa shape index (κ2) is 10.5. The van der Waals surface area contributed by atoms with Crippen molar-refractivity contribution in [3.05, 3.63) is 11.6 Å². The topological polar surface area (TPSA) is 112 Å². The molecule has 14 unspecified atom stereocenters. The highest BCUT2D eigenvalue weighted by atomic mass is 16.7. The highest BCUT2D eigenvalue weighted by molar-refractivity contribution is 5.83. The smallest absolute Gasteiger partial charge is 0.186 e. The van der Waals surface area contributed by atoms with E-state index in [-0.39, 0.29) is 11.5 Å². The summed E-state index contributed by atoms with van der Waals surface area (Å²) in [6.45, 7) is 9.38. The lowest BCUT2D eigenvalue weighted by Gasteiger charge is -2.58. The molecule has 0 aromatic carbocycles. The van der Waals surface area contributed by atoms with Crippen molar-refractivity contribution in [2.24, 2.45) is 45.4 Å². The molecule has 7 nitrogen and oxygen atoms in total. The van der Waals surface area contributed by atoms with Gasteiger partial charge in [-0.05, 0) is 112 Å². The zero-order valence-electron chi connectivity index (χ0n) is 24.3. The highest BCUT2D eigenvalue weighted by Gasteiger charge is 2.60. The third-order valence-electron chi connectivity index (χ3n) is 12.7. The molecule has 0 aromatic heterocycles. The van der Waals surface area contributed by atoms with E-state index >= 15 is 0 Å². The van der Waals surface area contributed by atoms with E-state index in [4.69, 9.17) is 14.5 Å². The molecule has 0 radical (unpaired) electrons. The Hall–Kier alpha value is -0.830. The summed E-state index contributed by atoms with van der Waals surface area (Å²) in [6, 6.07) is 0.526. The monoisotopic (exact) mass is 545 g/mol. The fourth-order valence-corrected chi connectivity index (χ4v) is 10.4. The van der Waals surface area contributed by atoms with Gasteiger partial charge in [-0.25, -0.2) is 0 Å². The zero-order chi connectivity index (χ0) is 27.7. The maximum atomic E-state index is 10.5. The van der Waals surface area contributed by atoms with Crippen LogP contribution in [0.2, 0.25) is 0 Å². The van der Waals surface area contributed by atoms with Gasteiger partial charge in [0.2, 0.25) is 0 Å². The fourth-order valence-electron chi connectivity index (χ4n) is 10.4. The van der Waals surface area contributed by atoms with Gasteiger partial charge in [0.25, 0.3) is 0 Å². The summed E-state index contributed by atoms with van der Waals surface area (Å²) in [5, 5.41) is 40.3. The van der Waals surface area contributed by atoms with Crippen LogP contribution in [0.3, 0.4) is 0 Å². The molecule has 6 rings (SSSR count). The average Bonchev–Trinajstić information content (AvgIpc) is 3.51. The van der Waals surface area contributed by atoms with Gasteiger partial charge in [0.05, 0.1) is 18.8 Å². The Morgan fingerprint density at radius 2 is 1.82 bits per heavy atom. The van der Waals surface area contributed by atoms with E-state index in [1.807, 2.05) is 0 Å². The number of aliphatic hydroxyl groups is 4. The summed E-state index contributed by atoms with van der Waals surface area (Å²) in [5.74, 6) is 3.72. The minimum Gasteiger partial charge on any atom is -0.394 e. The van der Waals surface area contributed by atoms with Gasteiger partial charge in [0.1, 0.15) is 24.4 Å². The summed E-state index contributed by atoms with van der Waals surface area (Å²) in [5.41, 5.74) is 3.46.